The van der Waals surface area contributed by atoms with Gasteiger partial charge in [-0.1, -0.05) is 23.4 Å². The second-order valence-corrected chi connectivity index (χ2v) is 4.26. The van der Waals surface area contributed by atoms with Gasteiger partial charge in [0.15, 0.2) is 0 Å². The molecular formula is C14H13N3O. The van der Waals surface area contributed by atoms with Gasteiger partial charge in [-0.3, -0.25) is 0 Å². The van der Waals surface area contributed by atoms with E-state index in [1.54, 1.807) is 0 Å². The summed E-state index contributed by atoms with van der Waals surface area (Å²) in [7, 11) is 0. The van der Waals surface area contributed by atoms with Gasteiger partial charge in [-0.2, -0.15) is 0 Å². The molecule has 0 saturated carbocycles. The zero-order chi connectivity index (χ0) is 12.5. The number of aromatic nitrogens is 3. The van der Waals surface area contributed by atoms with Crippen LogP contribution in [0.5, 0.6) is 0 Å². The second-order valence-electron chi connectivity index (χ2n) is 4.26. The van der Waals surface area contributed by atoms with Gasteiger partial charge in [-0.15, -0.1) is 5.10 Å². The Bertz CT molecular complexity index is 703. The molecule has 4 nitrogen and oxygen atoms in total. The van der Waals surface area contributed by atoms with Crippen molar-refractivity contribution in [3.63, 3.8) is 0 Å². The first kappa shape index (κ1) is 10.9. The Morgan fingerprint density at radius 1 is 1.17 bits per heavy atom. The van der Waals surface area contributed by atoms with Crippen LogP contribution in [0, 0.1) is 6.92 Å². The quantitative estimate of drug-likeness (QED) is 0.746. The minimum atomic E-state index is 0.0597. The molecule has 2 aromatic carbocycles. The third kappa shape index (κ3) is 1.67. The molecule has 0 bridgehead atoms. The highest BCUT2D eigenvalue weighted by atomic mass is 16.3. The molecule has 0 unspecified atom stereocenters. The van der Waals surface area contributed by atoms with Gasteiger partial charge in [-0.25, -0.2) is 4.68 Å². The van der Waals surface area contributed by atoms with Gasteiger partial charge in [0.2, 0.25) is 0 Å². The van der Waals surface area contributed by atoms with Crippen LogP contribution in [0.25, 0.3) is 16.7 Å². The number of aryl methyl sites for hydroxylation is 1. The number of nitrogens with zero attached hydrogens (tertiary/aromatic N) is 3. The van der Waals surface area contributed by atoms with Crippen LogP contribution in [-0.2, 0) is 6.61 Å². The average Bonchev–Trinajstić information content (AvgIpc) is 2.82. The Balaban J connectivity index is 2.17. The maximum absolute atomic E-state index is 9.18. The van der Waals surface area contributed by atoms with E-state index in [0.717, 1.165) is 27.8 Å². The summed E-state index contributed by atoms with van der Waals surface area (Å²) >= 11 is 0. The Hall–Kier alpha value is -2.20. The van der Waals surface area contributed by atoms with Gasteiger partial charge in [-0.05, 0) is 42.3 Å². The van der Waals surface area contributed by atoms with Crippen molar-refractivity contribution >= 4 is 11.0 Å². The van der Waals surface area contributed by atoms with E-state index in [1.807, 2.05) is 54.1 Å². The van der Waals surface area contributed by atoms with Crippen LogP contribution in [0.1, 0.15) is 11.1 Å². The maximum atomic E-state index is 9.18. The molecule has 0 saturated heterocycles. The number of aliphatic hydroxyl groups excluding tert-OH is 1. The molecule has 0 aliphatic carbocycles. The fourth-order valence-electron chi connectivity index (χ4n) is 2.05. The van der Waals surface area contributed by atoms with Crippen LogP contribution >= 0.6 is 0 Å². The summed E-state index contributed by atoms with van der Waals surface area (Å²) in [6.07, 6.45) is 0. The first-order valence-electron chi connectivity index (χ1n) is 5.81. The van der Waals surface area contributed by atoms with Crippen LogP contribution in [0.2, 0.25) is 0 Å². The molecule has 0 fully saturated rings. The SMILES string of the molecule is Cc1cc(-n2nnc3ccccc32)ccc1CO. The van der Waals surface area contributed by atoms with E-state index in [0.29, 0.717) is 0 Å². The molecule has 3 rings (SSSR count). The Kier molecular flexibility index (Phi) is 2.57. The highest BCUT2D eigenvalue weighted by Crippen LogP contribution is 2.18. The van der Waals surface area contributed by atoms with E-state index >= 15 is 0 Å². The summed E-state index contributed by atoms with van der Waals surface area (Å²) in [6, 6.07) is 13.7. The molecule has 0 amide bonds. The summed E-state index contributed by atoms with van der Waals surface area (Å²) in [6.45, 7) is 2.04. The molecule has 0 spiro atoms. The lowest BCUT2D eigenvalue weighted by Crippen LogP contribution is -1.98. The second kappa shape index (κ2) is 4.23. The summed E-state index contributed by atoms with van der Waals surface area (Å²) < 4.78 is 1.81. The first-order valence-corrected chi connectivity index (χ1v) is 5.81. The van der Waals surface area contributed by atoms with E-state index < -0.39 is 0 Å². The average molecular weight is 239 g/mol. The topological polar surface area (TPSA) is 50.9 Å². The zero-order valence-corrected chi connectivity index (χ0v) is 10.0. The number of hydrogen-bond donors (Lipinski definition) is 1. The number of benzene rings is 2. The largest absolute Gasteiger partial charge is 0.392 e. The number of rotatable bonds is 2. The summed E-state index contributed by atoms with van der Waals surface area (Å²) in [5.41, 5.74) is 4.80. The van der Waals surface area contributed by atoms with Crippen LogP contribution in [-0.4, -0.2) is 20.1 Å². The summed E-state index contributed by atoms with van der Waals surface area (Å²) in [5.74, 6) is 0. The maximum Gasteiger partial charge on any atom is 0.113 e. The summed E-state index contributed by atoms with van der Waals surface area (Å²) in [5, 5.41) is 17.5. The van der Waals surface area contributed by atoms with E-state index in [1.165, 1.54) is 0 Å². The fraction of sp³-hybridized carbons (Fsp3) is 0.143. The molecular weight excluding hydrogens is 226 g/mol. The Labute approximate surface area is 104 Å². The molecule has 0 aliphatic heterocycles. The van der Waals surface area contributed by atoms with Gasteiger partial charge < -0.3 is 5.11 Å². The molecule has 1 heterocycles. The number of fused-ring (bicyclic) bond motifs is 1. The molecule has 0 aliphatic rings. The highest BCUT2D eigenvalue weighted by molar-refractivity contribution is 5.75. The van der Waals surface area contributed by atoms with Crippen molar-refractivity contribution < 1.29 is 5.11 Å². The van der Waals surface area contributed by atoms with Crippen molar-refractivity contribution in [3.05, 3.63) is 53.6 Å². The van der Waals surface area contributed by atoms with Crippen molar-refractivity contribution in [1.29, 1.82) is 0 Å². The minimum absolute atomic E-state index is 0.0597. The highest BCUT2D eigenvalue weighted by Gasteiger charge is 2.06. The molecule has 3 aromatic rings. The lowest BCUT2D eigenvalue weighted by molar-refractivity contribution is 0.281. The standard InChI is InChI=1S/C14H13N3O/c1-10-8-12(7-6-11(10)9-18)17-14-5-3-2-4-13(14)15-16-17/h2-8,18H,9H2,1H3. The Morgan fingerprint density at radius 2 is 2.00 bits per heavy atom. The van der Waals surface area contributed by atoms with Crippen molar-refractivity contribution in [2.24, 2.45) is 0 Å². The predicted molar refractivity (Wildman–Crippen MR) is 69.5 cm³/mol. The van der Waals surface area contributed by atoms with Crippen molar-refractivity contribution in [1.82, 2.24) is 15.0 Å². The van der Waals surface area contributed by atoms with Crippen LogP contribution < -0.4 is 0 Å². The lowest BCUT2D eigenvalue weighted by atomic mass is 10.1. The van der Waals surface area contributed by atoms with Gasteiger partial charge in [0, 0.05) is 0 Å². The fourth-order valence-corrected chi connectivity index (χ4v) is 2.05. The van der Waals surface area contributed by atoms with Crippen molar-refractivity contribution in [3.8, 4) is 5.69 Å². The van der Waals surface area contributed by atoms with Crippen molar-refractivity contribution in [2.75, 3.05) is 0 Å². The number of hydrogen-bond acceptors (Lipinski definition) is 3. The molecule has 0 atom stereocenters. The van der Waals surface area contributed by atoms with E-state index in [-0.39, 0.29) is 6.61 Å². The van der Waals surface area contributed by atoms with Crippen LogP contribution in [0.4, 0.5) is 0 Å². The van der Waals surface area contributed by atoms with Crippen LogP contribution in [0.3, 0.4) is 0 Å². The van der Waals surface area contributed by atoms with Gasteiger partial charge >= 0.3 is 0 Å². The minimum Gasteiger partial charge on any atom is -0.392 e. The molecule has 1 N–H and O–H groups in total. The van der Waals surface area contributed by atoms with Gasteiger partial charge in [0.05, 0.1) is 17.8 Å². The summed E-state index contributed by atoms with van der Waals surface area (Å²) in [4.78, 5) is 0. The molecule has 18 heavy (non-hydrogen) atoms. The lowest BCUT2D eigenvalue weighted by Gasteiger charge is -2.06. The monoisotopic (exact) mass is 239 g/mol. The third-order valence-electron chi connectivity index (χ3n) is 3.09. The molecule has 0 radical (unpaired) electrons. The van der Waals surface area contributed by atoms with Crippen molar-refractivity contribution in [2.45, 2.75) is 13.5 Å². The first-order chi connectivity index (χ1) is 8.79. The molecule has 90 valence electrons. The normalized spacial score (nSPS) is 11.0. The van der Waals surface area contributed by atoms with E-state index in [2.05, 4.69) is 10.3 Å². The number of para-hydroxylation sites is 1. The number of aliphatic hydroxyl groups is 1. The van der Waals surface area contributed by atoms with E-state index in [9.17, 15) is 5.11 Å². The molecule has 4 heteroatoms. The zero-order valence-electron chi connectivity index (χ0n) is 10.0. The van der Waals surface area contributed by atoms with Crippen LogP contribution in [0.15, 0.2) is 42.5 Å². The Morgan fingerprint density at radius 3 is 2.78 bits per heavy atom. The smallest absolute Gasteiger partial charge is 0.113 e. The molecule has 1 aromatic heterocycles. The van der Waals surface area contributed by atoms with Gasteiger partial charge in [0.25, 0.3) is 0 Å². The van der Waals surface area contributed by atoms with E-state index in [4.69, 9.17) is 0 Å². The van der Waals surface area contributed by atoms with Gasteiger partial charge in [0.1, 0.15) is 5.52 Å². The predicted octanol–water partition coefficient (Wildman–Crippen LogP) is 2.22. The third-order valence-corrected chi connectivity index (χ3v) is 3.09.